The zero-order valence-corrected chi connectivity index (χ0v) is 16.6. The van der Waals surface area contributed by atoms with E-state index in [-0.39, 0.29) is 16.6 Å². The monoisotopic (exact) mass is 378 g/mol. The Labute approximate surface area is 157 Å². The number of rotatable bonds is 6. The van der Waals surface area contributed by atoms with Crippen molar-refractivity contribution >= 4 is 10.0 Å². The van der Waals surface area contributed by atoms with Crippen molar-refractivity contribution < 1.29 is 13.2 Å². The first-order valence-corrected chi connectivity index (χ1v) is 11.3. The van der Waals surface area contributed by atoms with Gasteiger partial charge in [-0.2, -0.15) is 0 Å². The second kappa shape index (κ2) is 6.59. The van der Waals surface area contributed by atoms with Crippen LogP contribution in [0.25, 0.3) is 0 Å². The van der Waals surface area contributed by atoms with Crippen molar-refractivity contribution in [2.45, 2.75) is 39.3 Å². The van der Waals surface area contributed by atoms with Gasteiger partial charge in [-0.05, 0) is 29.7 Å². The summed E-state index contributed by atoms with van der Waals surface area (Å²) >= 11 is 0. The Kier molecular flexibility index (Phi) is 4.66. The van der Waals surface area contributed by atoms with Crippen molar-refractivity contribution in [3.8, 4) is 0 Å². The number of hydrogen-bond donors (Lipinski definition) is 1. The van der Waals surface area contributed by atoms with Gasteiger partial charge in [-0.3, -0.25) is 4.90 Å². The van der Waals surface area contributed by atoms with Crippen molar-refractivity contribution in [2.24, 2.45) is 16.7 Å². The Hall–Kier alpha value is -0.950. The second-order valence-electron chi connectivity index (χ2n) is 8.74. The van der Waals surface area contributed by atoms with Gasteiger partial charge in [0.2, 0.25) is 10.0 Å². The third kappa shape index (κ3) is 3.01. The Morgan fingerprint density at radius 3 is 2.54 bits per heavy atom. The minimum Gasteiger partial charge on any atom is -0.379 e. The average molecular weight is 379 g/mol. The van der Waals surface area contributed by atoms with Crippen LogP contribution in [0.4, 0.5) is 0 Å². The molecule has 0 aromatic heterocycles. The molecule has 0 radical (unpaired) electrons. The molecule has 3 aliphatic carbocycles. The lowest BCUT2D eigenvalue weighted by molar-refractivity contribution is -0.0824. The third-order valence-electron chi connectivity index (χ3n) is 7.33. The van der Waals surface area contributed by atoms with E-state index in [1.807, 2.05) is 30.3 Å². The van der Waals surface area contributed by atoms with E-state index in [0.717, 1.165) is 44.7 Å². The number of sulfonamides is 1. The van der Waals surface area contributed by atoms with E-state index >= 15 is 0 Å². The topological polar surface area (TPSA) is 58.6 Å². The molecule has 3 atom stereocenters. The molecule has 0 spiro atoms. The highest BCUT2D eigenvalue weighted by molar-refractivity contribution is 7.89. The van der Waals surface area contributed by atoms with Gasteiger partial charge < -0.3 is 4.74 Å². The summed E-state index contributed by atoms with van der Waals surface area (Å²) in [6, 6.07) is 10.1. The minimum atomic E-state index is -3.33. The van der Waals surface area contributed by atoms with Crippen LogP contribution >= 0.6 is 0 Å². The number of benzene rings is 1. The van der Waals surface area contributed by atoms with Crippen molar-refractivity contribution in [2.75, 3.05) is 32.1 Å². The van der Waals surface area contributed by atoms with E-state index < -0.39 is 10.0 Å². The van der Waals surface area contributed by atoms with Crippen molar-refractivity contribution in [3.05, 3.63) is 35.9 Å². The third-order valence-corrected chi connectivity index (χ3v) is 8.81. The van der Waals surface area contributed by atoms with E-state index in [1.165, 1.54) is 0 Å². The quantitative estimate of drug-likeness (QED) is 0.825. The van der Waals surface area contributed by atoms with Gasteiger partial charge in [0.05, 0.1) is 19.0 Å². The summed E-state index contributed by atoms with van der Waals surface area (Å²) in [5, 5.41) is 0. The molecule has 4 aliphatic rings. The van der Waals surface area contributed by atoms with E-state index in [0.29, 0.717) is 18.5 Å². The molecule has 3 unspecified atom stereocenters. The molecule has 5 rings (SSSR count). The first-order chi connectivity index (χ1) is 12.3. The maximum absolute atomic E-state index is 13.0. The highest BCUT2D eigenvalue weighted by Gasteiger charge is 2.71. The summed E-state index contributed by atoms with van der Waals surface area (Å²) in [5.74, 6) is 0.873. The molecule has 5 nitrogen and oxygen atoms in total. The fourth-order valence-corrected chi connectivity index (χ4v) is 7.43. The van der Waals surface area contributed by atoms with Crippen LogP contribution < -0.4 is 4.72 Å². The molecule has 144 valence electrons. The van der Waals surface area contributed by atoms with Crippen LogP contribution in [0.15, 0.2) is 30.3 Å². The first-order valence-electron chi connectivity index (χ1n) is 9.67. The average Bonchev–Trinajstić information content (AvgIpc) is 3.12. The van der Waals surface area contributed by atoms with Crippen molar-refractivity contribution in [1.29, 1.82) is 0 Å². The summed E-state index contributed by atoms with van der Waals surface area (Å²) in [6.45, 7) is 8.28. The molecule has 0 amide bonds. The predicted molar refractivity (Wildman–Crippen MR) is 102 cm³/mol. The molecule has 2 bridgehead atoms. The lowest BCUT2D eigenvalue weighted by Gasteiger charge is -2.57. The summed E-state index contributed by atoms with van der Waals surface area (Å²) in [4.78, 5) is 2.49. The zero-order valence-electron chi connectivity index (χ0n) is 15.8. The minimum absolute atomic E-state index is 0.0808. The second-order valence-corrected chi connectivity index (χ2v) is 10.6. The maximum atomic E-state index is 13.0. The number of nitrogens with zero attached hydrogens (tertiary/aromatic N) is 1. The number of nitrogens with one attached hydrogen (secondary N) is 1. The fourth-order valence-electron chi connectivity index (χ4n) is 5.58. The molecular formula is C20H30N2O3S. The lowest BCUT2D eigenvalue weighted by Crippen LogP contribution is -2.60. The molecule has 1 aliphatic heterocycles. The smallest absolute Gasteiger partial charge is 0.212 e. The van der Waals surface area contributed by atoms with Crippen molar-refractivity contribution in [1.82, 2.24) is 9.62 Å². The van der Waals surface area contributed by atoms with Crippen LogP contribution in [0, 0.1) is 16.7 Å². The maximum Gasteiger partial charge on any atom is 0.212 e. The first kappa shape index (κ1) is 18.4. The van der Waals surface area contributed by atoms with Gasteiger partial charge in [0.1, 0.15) is 0 Å². The van der Waals surface area contributed by atoms with Crippen LogP contribution in [0.5, 0.6) is 0 Å². The van der Waals surface area contributed by atoms with Crippen molar-refractivity contribution in [3.63, 3.8) is 0 Å². The Morgan fingerprint density at radius 2 is 1.88 bits per heavy atom. The fraction of sp³-hybridized carbons (Fsp3) is 0.700. The largest absolute Gasteiger partial charge is 0.379 e. The molecule has 1 aromatic rings. The molecule has 3 saturated carbocycles. The van der Waals surface area contributed by atoms with Crippen LogP contribution in [-0.2, 0) is 21.3 Å². The van der Waals surface area contributed by atoms with E-state index in [9.17, 15) is 8.42 Å². The molecule has 6 heteroatoms. The summed E-state index contributed by atoms with van der Waals surface area (Å²) in [6.07, 6.45) is 2.16. The van der Waals surface area contributed by atoms with Crippen LogP contribution in [0.3, 0.4) is 0 Å². The Balaban J connectivity index is 1.50. The van der Waals surface area contributed by atoms with Crippen LogP contribution in [0.2, 0.25) is 0 Å². The summed E-state index contributed by atoms with van der Waals surface area (Å²) in [5.41, 5.74) is 0.935. The number of ether oxygens (including phenoxy) is 1. The van der Waals surface area contributed by atoms with Gasteiger partial charge in [0.25, 0.3) is 0 Å². The predicted octanol–water partition coefficient (Wildman–Crippen LogP) is 2.24. The van der Waals surface area contributed by atoms with Gasteiger partial charge in [0, 0.05) is 31.1 Å². The number of fused-ring (bicyclic) bond motifs is 1. The standard InChI is InChI=1S/C20H30N2O3S/c1-19(2)17-12-18(22-8-10-25-11-9-22)20(19,13-17)15-26(23,24)21-14-16-6-4-3-5-7-16/h3-7,17-18,21H,8-15H2,1-2H3. The molecule has 26 heavy (non-hydrogen) atoms. The van der Waals surface area contributed by atoms with Crippen LogP contribution in [0.1, 0.15) is 32.3 Å². The van der Waals surface area contributed by atoms with Gasteiger partial charge in [-0.1, -0.05) is 44.2 Å². The van der Waals surface area contributed by atoms with E-state index in [2.05, 4.69) is 23.5 Å². The molecule has 1 heterocycles. The summed E-state index contributed by atoms with van der Waals surface area (Å²) in [7, 11) is -3.33. The molecule has 4 fully saturated rings. The van der Waals surface area contributed by atoms with E-state index in [1.54, 1.807) is 0 Å². The number of morpholine rings is 1. The van der Waals surface area contributed by atoms with Crippen LogP contribution in [-0.4, -0.2) is 51.4 Å². The highest BCUT2D eigenvalue weighted by atomic mass is 32.2. The summed E-state index contributed by atoms with van der Waals surface area (Å²) < 4.78 is 34.3. The molecule has 1 aromatic carbocycles. The van der Waals surface area contributed by atoms with Gasteiger partial charge >= 0.3 is 0 Å². The van der Waals surface area contributed by atoms with E-state index in [4.69, 9.17) is 4.74 Å². The normalized spacial score (nSPS) is 33.8. The van der Waals surface area contributed by atoms with Gasteiger partial charge in [0.15, 0.2) is 0 Å². The molecular weight excluding hydrogens is 348 g/mol. The number of hydrogen-bond acceptors (Lipinski definition) is 4. The Bertz CT molecular complexity index is 744. The molecule has 1 saturated heterocycles. The molecule has 1 N–H and O–H groups in total. The lowest BCUT2D eigenvalue weighted by atomic mass is 9.51. The van der Waals surface area contributed by atoms with Gasteiger partial charge in [-0.15, -0.1) is 0 Å². The highest BCUT2D eigenvalue weighted by Crippen LogP contribution is 2.71. The Morgan fingerprint density at radius 1 is 1.19 bits per heavy atom. The zero-order chi connectivity index (χ0) is 18.4. The SMILES string of the molecule is CC1(C)C2CC(N3CCOCC3)C1(CS(=O)(=O)NCc1ccccc1)C2. The van der Waals surface area contributed by atoms with Gasteiger partial charge in [-0.25, -0.2) is 13.1 Å².